The molecule has 6 aromatic heterocycles. The Morgan fingerprint density at radius 3 is 1.39 bits per heavy atom. The van der Waals surface area contributed by atoms with E-state index < -0.39 is 0 Å². The number of aromatic nitrogens is 6. The van der Waals surface area contributed by atoms with Crippen molar-refractivity contribution in [3.05, 3.63) is 254 Å². The molecule has 4 aliphatic rings. The van der Waals surface area contributed by atoms with E-state index in [-0.39, 0.29) is 12.9 Å². The van der Waals surface area contributed by atoms with Gasteiger partial charge in [0.2, 0.25) is 0 Å². The van der Waals surface area contributed by atoms with Crippen molar-refractivity contribution >= 4 is 138 Å². The first-order chi connectivity index (χ1) is 40.8. The van der Waals surface area contributed by atoms with Crippen LogP contribution < -0.4 is 10.9 Å². The molecule has 374 valence electrons. The summed E-state index contributed by atoms with van der Waals surface area (Å²) in [6.07, 6.45) is 0. The Hall–Kier alpha value is -10.8. The van der Waals surface area contributed by atoms with Crippen LogP contribution in [0.5, 0.6) is 0 Å². The maximum absolute atomic E-state index is 2.83. The van der Waals surface area contributed by atoms with Crippen molar-refractivity contribution < 1.29 is 0 Å². The van der Waals surface area contributed by atoms with Crippen molar-refractivity contribution in [2.45, 2.75) is 6.04 Å². The molecular weight excluding hydrogens is 996 g/mol. The zero-order valence-corrected chi connectivity index (χ0v) is 43.9. The Balaban J connectivity index is 0.978. The average molecular weight is 1040 g/mol. The molecule has 7 heteroatoms. The first-order valence-corrected chi connectivity index (χ1v) is 28.8. The minimum atomic E-state index is -0.155. The molecule has 1 unspecified atom stereocenters. The van der Waals surface area contributed by atoms with Crippen LogP contribution in [0.2, 0.25) is 0 Å². The Morgan fingerprint density at radius 1 is 0.293 bits per heavy atom. The smallest absolute Gasteiger partial charge is 0.333 e. The molecule has 4 aliphatic heterocycles. The quantitative estimate of drug-likeness (QED) is 0.154. The van der Waals surface area contributed by atoms with Gasteiger partial charge in [0, 0.05) is 110 Å². The predicted octanol–water partition coefficient (Wildman–Crippen LogP) is 17.0. The van der Waals surface area contributed by atoms with E-state index >= 15 is 0 Å². The Bertz CT molecular complexity index is 5700. The molecular formula is C75H41BN6. The normalized spacial score (nSPS) is 14.4. The highest BCUT2D eigenvalue weighted by atomic mass is 15.1. The molecule has 0 saturated heterocycles. The minimum Gasteiger partial charge on any atom is -0.374 e. The van der Waals surface area contributed by atoms with E-state index in [9.17, 15) is 0 Å². The van der Waals surface area contributed by atoms with Crippen LogP contribution in [0, 0.1) is 0 Å². The summed E-state index contributed by atoms with van der Waals surface area (Å²) in [5, 5.41) is 12.7. The summed E-state index contributed by atoms with van der Waals surface area (Å²) in [4.78, 5) is 0. The van der Waals surface area contributed by atoms with Crippen molar-refractivity contribution in [2.24, 2.45) is 0 Å². The summed E-state index contributed by atoms with van der Waals surface area (Å²) in [5.74, 6) is 0. The van der Waals surface area contributed by atoms with Gasteiger partial charge in [-0.15, -0.1) is 0 Å². The molecule has 0 N–H and O–H groups in total. The lowest BCUT2D eigenvalue weighted by atomic mass is 9.45. The van der Waals surface area contributed by atoms with Crippen LogP contribution in [0.15, 0.2) is 243 Å². The third-order valence-corrected chi connectivity index (χ3v) is 19.9. The monoisotopic (exact) mass is 1040 g/mol. The summed E-state index contributed by atoms with van der Waals surface area (Å²) >= 11 is 0. The molecule has 0 saturated carbocycles. The van der Waals surface area contributed by atoms with Gasteiger partial charge < -0.3 is 27.3 Å². The lowest BCUT2D eigenvalue weighted by Gasteiger charge is -2.36. The van der Waals surface area contributed by atoms with Gasteiger partial charge in [-0.05, 0) is 71.6 Å². The van der Waals surface area contributed by atoms with Gasteiger partial charge in [0.05, 0.1) is 72.4 Å². The second kappa shape index (κ2) is 14.0. The molecule has 10 heterocycles. The van der Waals surface area contributed by atoms with E-state index in [1.165, 1.54) is 176 Å². The molecule has 0 amide bonds. The fraction of sp³-hybridized carbons (Fsp3) is 0.0133. The van der Waals surface area contributed by atoms with Crippen molar-refractivity contribution in [1.82, 2.24) is 27.3 Å². The van der Waals surface area contributed by atoms with Gasteiger partial charge in [-0.2, -0.15) is 0 Å². The molecule has 0 aliphatic carbocycles. The summed E-state index contributed by atoms with van der Waals surface area (Å²) in [6.45, 7) is -0.155. The van der Waals surface area contributed by atoms with Crippen molar-refractivity contribution in [3.8, 4) is 45.0 Å². The number of hydrogen-bond donors (Lipinski definition) is 0. The van der Waals surface area contributed by atoms with Crippen LogP contribution in [-0.4, -0.2) is 34.2 Å². The fourth-order valence-electron chi connectivity index (χ4n) is 17.2. The summed E-state index contributed by atoms with van der Waals surface area (Å²) < 4.78 is 16.0. The molecule has 0 bridgehead atoms. The Morgan fingerprint density at radius 2 is 0.756 bits per heavy atom. The van der Waals surface area contributed by atoms with Crippen molar-refractivity contribution in [1.29, 1.82) is 0 Å². The number of rotatable bonds is 2. The van der Waals surface area contributed by atoms with E-state index in [4.69, 9.17) is 0 Å². The van der Waals surface area contributed by atoms with Crippen molar-refractivity contribution in [2.75, 3.05) is 0 Å². The van der Waals surface area contributed by atoms with E-state index in [1.807, 2.05) is 0 Å². The number of para-hydroxylation sites is 10. The van der Waals surface area contributed by atoms with Crippen LogP contribution >= 0.6 is 0 Å². The van der Waals surface area contributed by atoms with Gasteiger partial charge in [0.25, 0.3) is 0 Å². The third kappa shape index (κ3) is 4.45. The van der Waals surface area contributed by atoms with Crippen LogP contribution in [0.1, 0.15) is 17.2 Å². The average Bonchev–Trinajstić information content (AvgIpc) is 1.56. The van der Waals surface area contributed by atoms with Gasteiger partial charge >= 0.3 is 6.85 Å². The largest absolute Gasteiger partial charge is 0.374 e. The van der Waals surface area contributed by atoms with Gasteiger partial charge in [-0.3, -0.25) is 0 Å². The van der Waals surface area contributed by atoms with E-state index in [0.29, 0.717) is 0 Å². The van der Waals surface area contributed by atoms with E-state index in [1.54, 1.807) is 0 Å². The molecule has 0 radical (unpaired) electrons. The number of hydrogen-bond acceptors (Lipinski definition) is 0. The van der Waals surface area contributed by atoms with Crippen LogP contribution in [0.4, 0.5) is 0 Å². The molecule has 1 atom stereocenters. The number of fused-ring (bicyclic) bond motifs is 27. The number of nitrogens with zero attached hydrogens (tertiary/aromatic N) is 6. The van der Waals surface area contributed by atoms with Crippen molar-refractivity contribution in [3.63, 3.8) is 0 Å². The topological polar surface area (TPSA) is 29.6 Å². The molecule has 6 nitrogen and oxygen atoms in total. The van der Waals surface area contributed by atoms with Crippen LogP contribution in [0.25, 0.3) is 165 Å². The first-order valence-electron chi connectivity index (χ1n) is 28.8. The lowest BCUT2D eigenvalue weighted by Crippen LogP contribution is -2.55. The molecule has 12 aromatic carbocycles. The first kappa shape index (κ1) is 41.3. The molecule has 18 aromatic rings. The van der Waals surface area contributed by atoms with Gasteiger partial charge in [-0.1, -0.05) is 182 Å². The maximum atomic E-state index is 2.83. The SMILES string of the molecule is c1ccc(-n2c3ccccc3c3cc4c5c(c32)-c2cccc3c2n(c2c6cccc7c6n(c32)C2c3c(cc6c8ccccc8n(-c8ccccc8)c6c3-7)-n3c6ccccc6c6cccc2c63)B5c2cccc3c5ccccc5n-4c23)cc1. The van der Waals surface area contributed by atoms with E-state index in [0.717, 1.165) is 11.4 Å². The highest BCUT2D eigenvalue weighted by Crippen LogP contribution is 2.59. The van der Waals surface area contributed by atoms with Crippen LogP contribution in [-0.2, 0) is 0 Å². The Labute approximate surface area is 467 Å². The summed E-state index contributed by atoms with van der Waals surface area (Å²) in [6, 6.07) is 92.2. The minimum absolute atomic E-state index is 0.155. The van der Waals surface area contributed by atoms with Crippen LogP contribution in [0.3, 0.4) is 0 Å². The number of benzene rings is 12. The molecule has 22 rings (SSSR count). The summed E-state index contributed by atoms with van der Waals surface area (Å²) in [7, 11) is 0. The van der Waals surface area contributed by atoms with E-state index in [2.05, 4.69) is 270 Å². The molecule has 0 fully saturated rings. The second-order valence-electron chi connectivity index (χ2n) is 23.4. The third-order valence-electron chi connectivity index (χ3n) is 19.9. The molecule has 82 heavy (non-hydrogen) atoms. The van der Waals surface area contributed by atoms with Gasteiger partial charge in [0.15, 0.2) is 0 Å². The fourth-order valence-corrected chi connectivity index (χ4v) is 17.2. The Kier molecular flexibility index (Phi) is 7.04. The zero-order valence-electron chi connectivity index (χ0n) is 43.9. The highest BCUT2D eigenvalue weighted by Gasteiger charge is 2.47. The maximum Gasteiger partial charge on any atom is 0.333 e. The summed E-state index contributed by atoms with van der Waals surface area (Å²) in [5.41, 5.74) is 30.5. The van der Waals surface area contributed by atoms with Gasteiger partial charge in [-0.25, -0.2) is 0 Å². The van der Waals surface area contributed by atoms with Gasteiger partial charge in [0.1, 0.15) is 0 Å². The predicted molar refractivity (Wildman–Crippen MR) is 341 cm³/mol. The highest BCUT2D eigenvalue weighted by molar-refractivity contribution is 6.90. The lowest BCUT2D eigenvalue weighted by molar-refractivity contribution is 0.712. The standard InChI is InChI=1S/C75H41BN6/c1-3-19-41(20-4-1)77-57-35-11-9-25-45(57)54-39-61-65-63(72(54)77)49-29-16-32-52-68(49)81(71(65)51-31-15-27-47-43-23-7-13-37-59(43)79(61)67(47)51)74-53-33-17-30-50-64-66-62(40-55-46-26-10-12-36-58(46)78(73(55)64)42-21-5-2-6-22-42)80-60-38-14-8-24-44(60)48-28-18-34-56(70(48)80)76(66)82(69(50)53)75(52)74/h1-40,71H. The second-order valence-corrected chi connectivity index (χ2v) is 23.4. The molecule has 0 spiro atoms. The zero-order chi connectivity index (χ0) is 52.5.